The zero-order valence-electron chi connectivity index (χ0n) is 9.79. The highest BCUT2D eigenvalue weighted by Crippen LogP contribution is 2.22. The molecule has 0 aliphatic carbocycles. The number of nitrogens with zero attached hydrogens (tertiary/aromatic N) is 1. The van der Waals surface area contributed by atoms with E-state index in [0.717, 1.165) is 17.4 Å². The Hall–Kier alpha value is -2.08. The number of sulfonamides is 1. The summed E-state index contributed by atoms with van der Waals surface area (Å²) in [6.45, 7) is 0. The summed E-state index contributed by atoms with van der Waals surface area (Å²) in [4.78, 5) is 4.01. The molecule has 18 heavy (non-hydrogen) atoms. The number of aromatic nitrogens is 1. The lowest BCUT2D eigenvalue weighted by Crippen LogP contribution is -2.09. The Kier molecular flexibility index (Phi) is 3.20. The number of anilines is 2. The van der Waals surface area contributed by atoms with E-state index in [4.69, 9.17) is 5.73 Å². The van der Waals surface area contributed by atoms with Crippen molar-refractivity contribution in [1.29, 1.82) is 0 Å². The Labute approximate surface area is 106 Å². The van der Waals surface area contributed by atoms with Gasteiger partial charge < -0.3 is 5.73 Å². The zero-order valence-corrected chi connectivity index (χ0v) is 10.6. The molecule has 0 spiro atoms. The molecule has 0 saturated carbocycles. The first kappa shape index (κ1) is 12.4. The number of pyridine rings is 1. The molecule has 0 radical (unpaired) electrons. The molecule has 94 valence electrons. The fraction of sp³-hybridized carbons (Fsp3) is 0.0833. The number of nitrogens with two attached hydrogens (primary N) is 1. The summed E-state index contributed by atoms with van der Waals surface area (Å²) >= 11 is 0. The molecule has 0 amide bonds. The Morgan fingerprint density at radius 2 is 1.78 bits per heavy atom. The summed E-state index contributed by atoms with van der Waals surface area (Å²) in [6.07, 6.45) is 4.39. The van der Waals surface area contributed by atoms with Crippen LogP contribution in [-0.2, 0) is 10.0 Å². The minimum absolute atomic E-state index is 0.526. The Bertz CT molecular complexity index is 651. The van der Waals surface area contributed by atoms with Crippen LogP contribution >= 0.6 is 0 Å². The second kappa shape index (κ2) is 4.66. The Morgan fingerprint density at radius 3 is 2.33 bits per heavy atom. The quantitative estimate of drug-likeness (QED) is 0.882. The first-order valence-corrected chi connectivity index (χ1v) is 7.12. The van der Waals surface area contributed by atoms with Crippen LogP contribution in [0, 0.1) is 0 Å². The highest BCUT2D eigenvalue weighted by molar-refractivity contribution is 7.92. The highest BCUT2D eigenvalue weighted by Gasteiger charge is 2.03. The van der Waals surface area contributed by atoms with Crippen molar-refractivity contribution in [2.75, 3.05) is 16.7 Å². The largest absolute Gasteiger partial charge is 0.397 e. The number of nitrogens with one attached hydrogen (secondary N) is 1. The van der Waals surface area contributed by atoms with E-state index in [2.05, 4.69) is 9.71 Å². The summed E-state index contributed by atoms with van der Waals surface area (Å²) < 4.78 is 24.5. The van der Waals surface area contributed by atoms with Crippen LogP contribution in [0.5, 0.6) is 0 Å². The van der Waals surface area contributed by atoms with E-state index in [1.54, 1.807) is 24.5 Å². The predicted molar refractivity (Wildman–Crippen MR) is 72.6 cm³/mol. The maximum atomic E-state index is 11.1. The van der Waals surface area contributed by atoms with Gasteiger partial charge in [0.25, 0.3) is 0 Å². The lowest BCUT2D eigenvalue weighted by molar-refractivity contribution is 0.607. The van der Waals surface area contributed by atoms with Crippen LogP contribution in [0.3, 0.4) is 0 Å². The lowest BCUT2D eigenvalue weighted by atomic mass is 10.1. The van der Waals surface area contributed by atoms with Crippen LogP contribution < -0.4 is 10.5 Å². The summed E-state index contributed by atoms with van der Waals surface area (Å²) in [5.41, 5.74) is 8.58. The molecule has 2 rings (SSSR count). The van der Waals surface area contributed by atoms with Crippen LogP contribution in [0.25, 0.3) is 11.1 Å². The van der Waals surface area contributed by atoms with Gasteiger partial charge in [0, 0.05) is 23.6 Å². The first-order chi connectivity index (χ1) is 8.44. The number of nitrogen functional groups attached to an aromatic ring is 1. The third-order valence-electron chi connectivity index (χ3n) is 2.28. The molecule has 1 aromatic heterocycles. The van der Waals surface area contributed by atoms with E-state index in [0.29, 0.717) is 11.4 Å². The van der Waals surface area contributed by atoms with Gasteiger partial charge in [-0.3, -0.25) is 9.71 Å². The molecule has 1 aromatic carbocycles. The molecule has 0 bridgehead atoms. The van der Waals surface area contributed by atoms with Gasteiger partial charge in [-0.15, -0.1) is 0 Å². The molecule has 1 heterocycles. The second-order valence-electron chi connectivity index (χ2n) is 3.96. The third kappa shape index (κ3) is 3.21. The van der Waals surface area contributed by atoms with Gasteiger partial charge in [0.1, 0.15) is 0 Å². The van der Waals surface area contributed by atoms with Crippen molar-refractivity contribution in [3.8, 4) is 11.1 Å². The molecule has 6 heteroatoms. The average molecular weight is 263 g/mol. The Morgan fingerprint density at radius 1 is 1.11 bits per heavy atom. The van der Waals surface area contributed by atoms with Crippen LogP contribution in [0.1, 0.15) is 0 Å². The van der Waals surface area contributed by atoms with Crippen molar-refractivity contribution in [3.63, 3.8) is 0 Å². The van der Waals surface area contributed by atoms with Gasteiger partial charge >= 0.3 is 0 Å². The topological polar surface area (TPSA) is 85.1 Å². The van der Waals surface area contributed by atoms with Crippen molar-refractivity contribution >= 4 is 21.4 Å². The normalized spacial score (nSPS) is 11.2. The molecule has 2 aromatic rings. The van der Waals surface area contributed by atoms with E-state index < -0.39 is 10.0 Å². The Balaban J connectivity index is 2.28. The maximum absolute atomic E-state index is 11.1. The van der Waals surface area contributed by atoms with Crippen molar-refractivity contribution in [1.82, 2.24) is 4.98 Å². The van der Waals surface area contributed by atoms with Gasteiger partial charge in [0.15, 0.2) is 0 Å². The van der Waals surface area contributed by atoms with Crippen molar-refractivity contribution in [2.45, 2.75) is 0 Å². The van der Waals surface area contributed by atoms with E-state index in [-0.39, 0.29) is 0 Å². The fourth-order valence-corrected chi connectivity index (χ4v) is 2.12. The van der Waals surface area contributed by atoms with Crippen molar-refractivity contribution < 1.29 is 8.42 Å². The molecule has 0 saturated heterocycles. The molecule has 0 fully saturated rings. The van der Waals surface area contributed by atoms with Crippen molar-refractivity contribution in [2.24, 2.45) is 0 Å². The van der Waals surface area contributed by atoms with Gasteiger partial charge in [0.2, 0.25) is 10.0 Å². The number of rotatable bonds is 3. The first-order valence-electron chi connectivity index (χ1n) is 5.23. The van der Waals surface area contributed by atoms with E-state index in [9.17, 15) is 8.42 Å². The standard InChI is InChI=1S/C12H13N3O2S/c1-18(16,17)15-12-4-2-9(3-5-12)10-6-11(13)8-14-7-10/h2-8,15H,13H2,1H3. The molecule has 0 atom stereocenters. The minimum Gasteiger partial charge on any atom is -0.397 e. The van der Waals surface area contributed by atoms with Crippen LogP contribution in [0.4, 0.5) is 11.4 Å². The SMILES string of the molecule is CS(=O)(=O)Nc1ccc(-c2cncc(N)c2)cc1. The van der Waals surface area contributed by atoms with E-state index in [1.807, 2.05) is 18.2 Å². The van der Waals surface area contributed by atoms with E-state index >= 15 is 0 Å². The average Bonchev–Trinajstić information content (AvgIpc) is 2.28. The zero-order chi connectivity index (χ0) is 13.2. The molecule has 5 nitrogen and oxygen atoms in total. The van der Waals surface area contributed by atoms with Gasteiger partial charge in [-0.25, -0.2) is 8.42 Å². The van der Waals surface area contributed by atoms with Crippen LogP contribution in [-0.4, -0.2) is 19.7 Å². The summed E-state index contributed by atoms with van der Waals surface area (Å²) in [6, 6.07) is 8.82. The predicted octanol–water partition coefficient (Wildman–Crippen LogP) is 1.70. The molecule has 3 N–H and O–H groups in total. The van der Waals surface area contributed by atoms with Gasteiger partial charge in [0.05, 0.1) is 11.9 Å². The van der Waals surface area contributed by atoms with Crippen LogP contribution in [0.2, 0.25) is 0 Å². The van der Waals surface area contributed by atoms with Gasteiger partial charge in [-0.2, -0.15) is 0 Å². The monoisotopic (exact) mass is 263 g/mol. The molecule has 0 aliphatic heterocycles. The van der Waals surface area contributed by atoms with Gasteiger partial charge in [-0.1, -0.05) is 12.1 Å². The smallest absolute Gasteiger partial charge is 0.229 e. The maximum Gasteiger partial charge on any atom is 0.229 e. The summed E-state index contributed by atoms with van der Waals surface area (Å²) in [7, 11) is -3.24. The number of hydrogen-bond acceptors (Lipinski definition) is 4. The number of hydrogen-bond donors (Lipinski definition) is 2. The lowest BCUT2D eigenvalue weighted by Gasteiger charge is -2.06. The summed E-state index contributed by atoms with van der Waals surface area (Å²) in [5.74, 6) is 0. The highest BCUT2D eigenvalue weighted by atomic mass is 32.2. The summed E-state index contributed by atoms with van der Waals surface area (Å²) in [5, 5.41) is 0. The van der Waals surface area contributed by atoms with Crippen LogP contribution in [0.15, 0.2) is 42.7 Å². The second-order valence-corrected chi connectivity index (χ2v) is 5.71. The third-order valence-corrected chi connectivity index (χ3v) is 2.89. The minimum atomic E-state index is -3.24. The van der Waals surface area contributed by atoms with E-state index in [1.165, 1.54) is 0 Å². The van der Waals surface area contributed by atoms with Gasteiger partial charge in [-0.05, 0) is 23.8 Å². The molecular weight excluding hydrogens is 250 g/mol. The van der Waals surface area contributed by atoms with Crippen molar-refractivity contribution in [3.05, 3.63) is 42.7 Å². The molecule has 0 aliphatic rings. The molecule has 0 unspecified atom stereocenters. The fourth-order valence-electron chi connectivity index (χ4n) is 1.56. The molecular formula is C12H13N3O2S. The number of benzene rings is 1.